The summed E-state index contributed by atoms with van der Waals surface area (Å²) < 4.78 is 11.0. The molecule has 0 radical (unpaired) electrons. The van der Waals surface area contributed by atoms with E-state index >= 15 is 0 Å². The minimum Gasteiger partial charge on any atom is -0.486 e. The summed E-state index contributed by atoms with van der Waals surface area (Å²) in [6.07, 6.45) is 1.05. The summed E-state index contributed by atoms with van der Waals surface area (Å²) in [6.45, 7) is 3.40. The zero-order valence-electron chi connectivity index (χ0n) is 15.4. The van der Waals surface area contributed by atoms with Gasteiger partial charge in [-0.05, 0) is 31.0 Å². The van der Waals surface area contributed by atoms with Crippen LogP contribution in [0.1, 0.15) is 18.9 Å². The van der Waals surface area contributed by atoms with E-state index < -0.39 is 0 Å². The molecule has 1 N–H and O–H groups in total. The molecule has 0 spiro atoms. The third-order valence-corrected chi connectivity index (χ3v) is 4.37. The van der Waals surface area contributed by atoms with Crippen LogP contribution in [0.4, 0.5) is 5.69 Å². The molecule has 1 heterocycles. The lowest BCUT2D eigenvalue weighted by Gasteiger charge is -2.21. The standard InChI is InChI=1S/C21H24N2O4/c1-2-23(21(25)11-8-16-6-4-3-5-7-16)15-20(24)22-17-9-10-18-19(14-17)27-13-12-26-18/h3-7,9-10,14H,2,8,11-13,15H2,1H3,(H,22,24). The summed E-state index contributed by atoms with van der Waals surface area (Å²) in [5, 5.41) is 2.82. The minimum atomic E-state index is -0.235. The Hall–Kier alpha value is -3.02. The molecule has 0 saturated heterocycles. The number of likely N-dealkylation sites (N-methyl/N-ethyl adjacent to an activating group) is 1. The normalized spacial score (nSPS) is 12.3. The lowest BCUT2D eigenvalue weighted by atomic mass is 10.1. The smallest absolute Gasteiger partial charge is 0.243 e. The number of aryl methyl sites for hydroxylation is 1. The van der Waals surface area contributed by atoms with Gasteiger partial charge in [0.2, 0.25) is 11.8 Å². The van der Waals surface area contributed by atoms with Crippen molar-refractivity contribution in [3.63, 3.8) is 0 Å². The van der Waals surface area contributed by atoms with Crippen LogP contribution in [-0.4, -0.2) is 43.0 Å². The van der Waals surface area contributed by atoms with Gasteiger partial charge in [0.25, 0.3) is 0 Å². The average Bonchev–Trinajstić information content (AvgIpc) is 2.71. The maximum absolute atomic E-state index is 12.4. The number of nitrogens with one attached hydrogen (secondary N) is 1. The number of benzene rings is 2. The first kappa shape index (κ1) is 18.8. The van der Waals surface area contributed by atoms with Gasteiger partial charge in [-0.1, -0.05) is 30.3 Å². The number of rotatable bonds is 7. The van der Waals surface area contributed by atoms with Crippen LogP contribution in [0.5, 0.6) is 11.5 Å². The van der Waals surface area contributed by atoms with E-state index in [1.165, 1.54) is 0 Å². The maximum atomic E-state index is 12.4. The number of hydrogen-bond donors (Lipinski definition) is 1. The number of carbonyl (C=O) groups excluding carboxylic acids is 2. The molecule has 0 atom stereocenters. The predicted molar refractivity (Wildman–Crippen MR) is 103 cm³/mol. The van der Waals surface area contributed by atoms with Crippen molar-refractivity contribution >= 4 is 17.5 Å². The molecule has 27 heavy (non-hydrogen) atoms. The van der Waals surface area contributed by atoms with Gasteiger partial charge in [0.1, 0.15) is 13.2 Å². The molecule has 0 aliphatic carbocycles. The molecule has 3 rings (SSSR count). The van der Waals surface area contributed by atoms with Crippen molar-refractivity contribution in [1.82, 2.24) is 4.90 Å². The molecule has 0 saturated carbocycles. The van der Waals surface area contributed by atoms with Crippen molar-refractivity contribution in [2.45, 2.75) is 19.8 Å². The van der Waals surface area contributed by atoms with Gasteiger partial charge < -0.3 is 19.7 Å². The van der Waals surface area contributed by atoms with Crippen molar-refractivity contribution in [3.8, 4) is 11.5 Å². The number of hydrogen-bond acceptors (Lipinski definition) is 4. The first-order chi connectivity index (χ1) is 13.2. The van der Waals surface area contributed by atoms with Gasteiger partial charge in [-0.25, -0.2) is 0 Å². The second-order valence-electron chi connectivity index (χ2n) is 6.30. The Morgan fingerprint density at radius 1 is 1.04 bits per heavy atom. The fraction of sp³-hybridized carbons (Fsp3) is 0.333. The van der Waals surface area contributed by atoms with Gasteiger partial charge in [0.15, 0.2) is 11.5 Å². The molecule has 1 aliphatic heterocycles. The van der Waals surface area contributed by atoms with E-state index in [0.29, 0.717) is 49.8 Å². The zero-order valence-corrected chi connectivity index (χ0v) is 15.4. The van der Waals surface area contributed by atoms with E-state index in [1.807, 2.05) is 37.3 Å². The molecule has 6 nitrogen and oxygen atoms in total. The van der Waals surface area contributed by atoms with Crippen LogP contribution in [0.15, 0.2) is 48.5 Å². The number of nitrogens with zero attached hydrogens (tertiary/aromatic N) is 1. The van der Waals surface area contributed by atoms with Gasteiger partial charge in [-0.15, -0.1) is 0 Å². The largest absolute Gasteiger partial charge is 0.486 e. The van der Waals surface area contributed by atoms with Crippen molar-refractivity contribution < 1.29 is 19.1 Å². The molecule has 0 bridgehead atoms. The Kier molecular flexibility index (Phi) is 6.30. The second kappa shape index (κ2) is 9.07. The lowest BCUT2D eigenvalue weighted by Crippen LogP contribution is -2.38. The first-order valence-electron chi connectivity index (χ1n) is 9.17. The number of carbonyl (C=O) groups is 2. The van der Waals surface area contributed by atoms with Crippen LogP contribution in [0.25, 0.3) is 0 Å². The predicted octanol–water partition coefficient (Wildman–Crippen LogP) is 2.88. The Morgan fingerprint density at radius 2 is 1.78 bits per heavy atom. The Bertz CT molecular complexity index is 792. The maximum Gasteiger partial charge on any atom is 0.243 e. The van der Waals surface area contributed by atoms with Crippen LogP contribution >= 0.6 is 0 Å². The molecule has 142 valence electrons. The van der Waals surface area contributed by atoms with E-state index in [2.05, 4.69) is 5.32 Å². The quantitative estimate of drug-likeness (QED) is 0.816. The number of anilines is 1. The molecular formula is C21H24N2O4. The summed E-state index contributed by atoms with van der Waals surface area (Å²) in [7, 11) is 0. The highest BCUT2D eigenvalue weighted by Gasteiger charge is 2.17. The molecule has 1 aliphatic rings. The third kappa shape index (κ3) is 5.23. The number of ether oxygens (including phenoxy) is 2. The van der Waals surface area contributed by atoms with Crippen LogP contribution in [-0.2, 0) is 16.0 Å². The fourth-order valence-corrected chi connectivity index (χ4v) is 2.93. The lowest BCUT2D eigenvalue weighted by molar-refractivity contribution is -0.134. The minimum absolute atomic E-state index is 0.0264. The summed E-state index contributed by atoms with van der Waals surface area (Å²) in [6, 6.07) is 15.1. The number of amides is 2. The van der Waals surface area contributed by atoms with Crippen LogP contribution in [0, 0.1) is 0 Å². The Morgan fingerprint density at radius 3 is 2.52 bits per heavy atom. The molecular weight excluding hydrogens is 344 g/mol. The summed E-state index contributed by atoms with van der Waals surface area (Å²) in [5.74, 6) is 1.02. The highest BCUT2D eigenvalue weighted by atomic mass is 16.6. The molecule has 6 heteroatoms. The Labute approximate surface area is 159 Å². The van der Waals surface area contributed by atoms with Gasteiger partial charge in [0.05, 0.1) is 6.54 Å². The van der Waals surface area contributed by atoms with Gasteiger partial charge in [-0.2, -0.15) is 0 Å². The average molecular weight is 368 g/mol. The molecule has 2 aromatic carbocycles. The molecule has 0 fully saturated rings. The van der Waals surface area contributed by atoms with Crippen LogP contribution in [0.2, 0.25) is 0 Å². The van der Waals surface area contributed by atoms with Crippen molar-refractivity contribution in [3.05, 3.63) is 54.1 Å². The van der Waals surface area contributed by atoms with Crippen molar-refractivity contribution in [2.24, 2.45) is 0 Å². The third-order valence-electron chi connectivity index (χ3n) is 4.37. The van der Waals surface area contributed by atoms with E-state index in [0.717, 1.165) is 5.56 Å². The first-order valence-corrected chi connectivity index (χ1v) is 9.17. The van der Waals surface area contributed by atoms with Crippen molar-refractivity contribution in [2.75, 3.05) is 31.6 Å². The Balaban J connectivity index is 1.52. The van der Waals surface area contributed by atoms with Gasteiger partial charge in [0, 0.05) is 24.7 Å². The molecule has 2 amide bonds. The summed E-state index contributed by atoms with van der Waals surface area (Å²) in [5.41, 5.74) is 1.74. The topological polar surface area (TPSA) is 67.9 Å². The van der Waals surface area contributed by atoms with E-state index in [4.69, 9.17) is 9.47 Å². The molecule has 2 aromatic rings. The van der Waals surface area contributed by atoms with Crippen LogP contribution in [0.3, 0.4) is 0 Å². The van der Waals surface area contributed by atoms with E-state index in [9.17, 15) is 9.59 Å². The summed E-state index contributed by atoms with van der Waals surface area (Å²) >= 11 is 0. The SMILES string of the molecule is CCN(CC(=O)Nc1ccc2c(c1)OCCO2)C(=O)CCc1ccccc1. The molecule has 0 aromatic heterocycles. The monoisotopic (exact) mass is 368 g/mol. The zero-order chi connectivity index (χ0) is 19.1. The van der Waals surface area contributed by atoms with Crippen LogP contribution < -0.4 is 14.8 Å². The van der Waals surface area contributed by atoms with Gasteiger partial charge in [-0.3, -0.25) is 9.59 Å². The van der Waals surface area contributed by atoms with Gasteiger partial charge >= 0.3 is 0 Å². The second-order valence-corrected chi connectivity index (χ2v) is 6.30. The van der Waals surface area contributed by atoms with E-state index in [-0.39, 0.29) is 18.4 Å². The molecule has 0 unspecified atom stereocenters. The number of fused-ring (bicyclic) bond motifs is 1. The summed E-state index contributed by atoms with van der Waals surface area (Å²) in [4.78, 5) is 26.4. The fourth-order valence-electron chi connectivity index (χ4n) is 2.93. The highest BCUT2D eigenvalue weighted by Crippen LogP contribution is 2.32. The highest BCUT2D eigenvalue weighted by molar-refractivity contribution is 5.94. The van der Waals surface area contributed by atoms with Crippen molar-refractivity contribution in [1.29, 1.82) is 0 Å². The van der Waals surface area contributed by atoms with E-state index in [1.54, 1.807) is 23.1 Å².